The van der Waals surface area contributed by atoms with Crippen LogP contribution in [0.2, 0.25) is 0 Å². The smallest absolute Gasteiger partial charge is 0.255 e. The van der Waals surface area contributed by atoms with Gasteiger partial charge < -0.3 is 10.6 Å². The normalized spacial score (nSPS) is 11.8. The fraction of sp³-hybridized carbons (Fsp3) is 0.125. The predicted molar refractivity (Wildman–Crippen MR) is 135 cm³/mol. The second-order valence-corrected chi connectivity index (χ2v) is 10.3. The van der Waals surface area contributed by atoms with Crippen molar-refractivity contribution in [2.45, 2.75) is 17.3 Å². The van der Waals surface area contributed by atoms with Gasteiger partial charge in [0.2, 0.25) is 5.91 Å². The van der Waals surface area contributed by atoms with E-state index in [4.69, 9.17) is 0 Å². The van der Waals surface area contributed by atoms with Crippen LogP contribution in [0, 0.1) is 0 Å². The summed E-state index contributed by atoms with van der Waals surface area (Å²) in [6, 6.07) is 22.7. The SMILES string of the molecule is C[C@H](NC(=O)CSc1nc2ccc(NC(=O)c3ccc(Br)cc3)cc2s1)c1ccccc1. The Bertz CT molecular complexity index is 1240. The summed E-state index contributed by atoms with van der Waals surface area (Å²) in [6.45, 7) is 1.97. The van der Waals surface area contributed by atoms with E-state index in [0.29, 0.717) is 17.0 Å². The Kier molecular flexibility index (Phi) is 7.24. The van der Waals surface area contributed by atoms with Crippen molar-refractivity contribution >= 4 is 66.7 Å². The lowest BCUT2D eigenvalue weighted by molar-refractivity contribution is -0.119. The van der Waals surface area contributed by atoms with Crippen LogP contribution in [0.4, 0.5) is 5.69 Å². The molecule has 0 saturated heterocycles. The van der Waals surface area contributed by atoms with E-state index in [1.807, 2.05) is 67.6 Å². The summed E-state index contributed by atoms with van der Waals surface area (Å²) in [5.74, 6) is 0.0951. The number of carbonyl (C=O) groups excluding carboxylic acids is 2. The highest BCUT2D eigenvalue weighted by Crippen LogP contribution is 2.31. The van der Waals surface area contributed by atoms with Crippen molar-refractivity contribution < 1.29 is 9.59 Å². The average molecular weight is 526 g/mol. The highest BCUT2D eigenvalue weighted by Gasteiger charge is 2.12. The number of aromatic nitrogens is 1. The van der Waals surface area contributed by atoms with E-state index in [2.05, 4.69) is 31.5 Å². The molecule has 3 aromatic carbocycles. The number of thiazole rings is 1. The van der Waals surface area contributed by atoms with Crippen LogP contribution >= 0.6 is 39.0 Å². The molecule has 162 valence electrons. The number of nitrogens with one attached hydrogen (secondary N) is 2. The number of hydrogen-bond donors (Lipinski definition) is 2. The summed E-state index contributed by atoms with van der Waals surface area (Å²) < 4.78 is 2.70. The minimum Gasteiger partial charge on any atom is -0.349 e. The molecule has 0 fully saturated rings. The van der Waals surface area contributed by atoms with Crippen LogP contribution in [0.25, 0.3) is 10.2 Å². The minimum absolute atomic E-state index is 0.0342. The first-order valence-electron chi connectivity index (χ1n) is 9.92. The number of fused-ring (bicyclic) bond motifs is 1. The fourth-order valence-electron chi connectivity index (χ4n) is 3.08. The highest BCUT2D eigenvalue weighted by atomic mass is 79.9. The van der Waals surface area contributed by atoms with Crippen molar-refractivity contribution in [3.05, 3.63) is 88.4 Å². The van der Waals surface area contributed by atoms with Crippen molar-refractivity contribution in [2.24, 2.45) is 0 Å². The molecule has 0 bridgehead atoms. The Morgan fingerprint density at radius 1 is 1.06 bits per heavy atom. The lowest BCUT2D eigenvalue weighted by atomic mass is 10.1. The lowest BCUT2D eigenvalue weighted by Crippen LogP contribution is -2.28. The lowest BCUT2D eigenvalue weighted by Gasteiger charge is -2.13. The van der Waals surface area contributed by atoms with Crippen molar-refractivity contribution in [3.63, 3.8) is 0 Å². The van der Waals surface area contributed by atoms with Gasteiger partial charge in [-0.2, -0.15) is 0 Å². The Balaban J connectivity index is 1.36. The Hall–Kier alpha value is -2.68. The molecule has 0 saturated carbocycles. The van der Waals surface area contributed by atoms with Gasteiger partial charge in [-0.05, 0) is 55.0 Å². The maximum absolute atomic E-state index is 12.4. The number of benzene rings is 3. The van der Waals surface area contributed by atoms with Crippen molar-refractivity contribution in [2.75, 3.05) is 11.1 Å². The number of hydrogen-bond acceptors (Lipinski definition) is 5. The number of nitrogens with zero attached hydrogens (tertiary/aromatic N) is 1. The zero-order chi connectivity index (χ0) is 22.5. The Morgan fingerprint density at radius 2 is 1.81 bits per heavy atom. The molecule has 0 unspecified atom stereocenters. The molecule has 1 atom stereocenters. The first-order valence-corrected chi connectivity index (χ1v) is 12.5. The molecule has 4 aromatic rings. The van der Waals surface area contributed by atoms with Gasteiger partial charge in [-0.1, -0.05) is 58.0 Å². The van der Waals surface area contributed by atoms with Gasteiger partial charge in [0, 0.05) is 15.7 Å². The minimum atomic E-state index is -0.167. The van der Waals surface area contributed by atoms with Crippen LogP contribution in [-0.4, -0.2) is 22.6 Å². The summed E-state index contributed by atoms with van der Waals surface area (Å²) in [4.78, 5) is 29.4. The van der Waals surface area contributed by atoms with Gasteiger partial charge in [0.15, 0.2) is 4.34 Å². The summed E-state index contributed by atoms with van der Waals surface area (Å²) >= 11 is 6.29. The van der Waals surface area contributed by atoms with Gasteiger partial charge >= 0.3 is 0 Å². The first kappa shape index (κ1) is 22.5. The Morgan fingerprint density at radius 3 is 2.56 bits per heavy atom. The fourth-order valence-corrected chi connectivity index (χ4v) is 5.27. The number of carbonyl (C=O) groups is 2. The van der Waals surface area contributed by atoms with Gasteiger partial charge in [0.05, 0.1) is 22.0 Å². The van der Waals surface area contributed by atoms with Gasteiger partial charge in [-0.25, -0.2) is 4.98 Å². The second kappa shape index (κ2) is 10.3. The maximum Gasteiger partial charge on any atom is 0.255 e. The van der Waals surface area contributed by atoms with E-state index >= 15 is 0 Å². The molecule has 5 nitrogen and oxygen atoms in total. The number of anilines is 1. The van der Waals surface area contributed by atoms with Crippen LogP contribution in [0.1, 0.15) is 28.9 Å². The summed E-state index contributed by atoms with van der Waals surface area (Å²) in [5, 5.41) is 5.94. The third-order valence-electron chi connectivity index (χ3n) is 4.74. The molecule has 2 amide bonds. The van der Waals surface area contributed by atoms with E-state index in [1.54, 1.807) is 12.1 Å². The molecule has 1 heterocycles. The molecule has 32 heavy (non-hydrogen) atoms. The van der Waals surface area contributed by atoms with Crippen LogP contribution in [0.3, 0.4) is 0 Å². The summed E-state index contributed by atoms with van der Waals surface area (Å²) in [5.41, 5.74) is 3.21. The molecule has 0 aliphatic rings. The van der Waals surface area contributed by atoms with Gasteiger partial charge in [-0.15, -0.1) is 11.3 Å². The molecule has 2 N–H and O–H groups in total. The molecular formula is C24H20BrN3O2S2. The van der Waals surface area contributed by atoms with Crippen LogP contribution in [0.15, 0.2) is 81.6 Å². The monoisotopic (exact) mass is 525 g/mol. The molecule has 8 heteroatoms. The molecule has 4 rings (SSSR count). The summed E-state index contributed by atoms with van der Waals surface area (Å²) in [6.07, 6.45) is 0. The predicted octanol–water partition coefficient (Wildman–Crippen LogP) is 6.28. The Labute approximate surface area is 202 Å². The molecule has 0 aliphatic carbocycles. The zero-order valence-electron chi connectivity index (χ0n) is 17.2. The summed E-state index contributed by atoms with van der Waals surface area (Å²) in [7, 11) is 0. The van der Waals surface area contributed by atoms with E-state index < -0.39 is 0 Å². The molecule has 0 aliphatic heterocycles. The van der Waals surface area contributed by atoms with E-state index in [9.17, 15) is 9.59 Å². The largest absolute Gasteiger partial charge is 0.349 e. The third kappa shape index (κ3) is 5.76. The third-order valence-corrected chi connectivity index (χ3v) is 7.43. The number of halogens is 1. The number of rotatable bonds is 7. The molecule has 0 spiro atoms. The standard InChI is InChI=1S/C24H20BrN3O2S2/c1-15(16-5-3-2-4-6-16)26-22(29)14-31-24-28-20-12-11-19(13-21(20)32-24)27-23(30)17-7-9-18(25)10-8-17/h2-13,15H,14H2,1H3,(H,26,29)(H,27,30)/t15-/m0/s1. The van der Waals surface area contributed by atoms with Gasteiger partial charge in [0.1, 0.15) is 0 Å². The van der Waals surface area contributed by atoms with Crippen molar-refractivity contribution in [3.8, 4) is 0 Å². The van der Waals surface area contributed by atoms with Crippen LogP contribution in [0.5, 0.6) is 0 Å². The van der Waals surface area contributed by atoms with E-state index in [1.165, 1.54) is 23.1 Å². The van der Waals surface area contributed by atoms with E-state index in [-0.39, 0.29) is 17.9 Å². The average Bonchev–Trinajstić information content (AvgIpc) is 3.21. The van der Waals surface area contributed by atoms with Crippen molar-refractivity contribution in [1.29, 1.82) is 0 Å². The van der Waals surface area contributed by atoms with Gasteiger partial charge in [0.25, 0.3) is 5.91 Å². The molecule has 0 radical (unpaired) electrons. The molecular weight excluding hydrogens is 506 g/mol. The first-order chi connectivity index (χ1) is 15.5. The highest BCUT2D eigenvalue weighted by molar-refractivity contribution is 9.10. The molecule has 1 aromatic heterocycles. The van der Waals surface area contributed by atoms with Crippen LogP contribution in [-0.2, 0) is 4.79 Å². The van der Waals surface area contributed by atoms with E-state index in [0.717, 1.165) is 24.6 Å². The number of amides is 2. The van der Waals surface area contributed by atoms with Gasteiger partial charge in [-0.3, -0.25) is 9.59 Å². The number of thioether (sulfide) groups is 1. The zero-order valence-corrected chi connectivity index (χ0v) is 20.4. The topological polar surface area (TPSA) is 71.1 Å². The maximum atomic E-state index is 12.4. The quantitative estimate of drug-likeness (QED) is 0.278. The van der Waals surface area contributed by atoms with Crippen LogP contribution < -0.4 is 10.6 Å². The second-order valence-electron chi connectivity index (χ2n) is 7.11. The van der Waals surface area contributed by atoms with Crippen molar-refractivity contribution in [1.82, 2.24) is 10.3 Å².